The van der Waals surface area contributed by atoms with Gasteiger partial charge in [0.05, 0.1) is 6.54 Å². The van der Waals surface area contributed by atoms with Crippen LogP contribution in [0.15, 0.2) is 24.3 Å². The Morgan fingerprint density at radius 1 is 1.35 bits per heavy atom. The molecule has 0 radical (unpaired) electrons. The normalized spacial score (nSPS) is 16.5. The lowest BCUT2D eigenvalue weighted by Gasteiger charge is -2.30. The van der Waals surface area contributed by atoms with Gasteiger partial charge in [-0.15, -0.1) is 12.4 Å². The standard InChI is InChI=1S/C15H21ClN2O.ClH/c1-17-10-14(19)18-11-15(7-2-3-8-15)12-5-4-6-13(16)9-12;/h4-6,9,17H,2-3,7-8,10-11H2,1H3,(H,18,19);1H. The van der Waals surface area contributed by atoms with Crippen LogP contribution in [0.1, 0.15) is 31.2 Å². The molecule has 2 N–H and O–H groups in total. The van der Waals surface area contributed by atoms with Gasteiger partial charge in [-0.25, -0.2) is 0 Å². The van der Waals surface area contributed by atoms with E-state index in [0.717, 1.165) is 17.9 Å². The molecule has 1 aromatic carbocycles. The third-order valence-electron chi connectivity index (χ3n) is 3.96. The zero-order valence-corrected chi connectivity index (χ0v) is 13.3. The van der Waals surface area contributed by atoms with E-state index in [2.05, 4.69) is 16.7 Å². The van der Waals surface area contributed by atoms with Gasteiger partial charge in [0.1, 0.15) is 0 Å². The van der Waals surface area contributed by atoms with Gasteiger partial charge in [-0.2, -0.15) is 0 Å². The monoisotopic (exact) mass is 316 g/mol. The van der Waals surface area contributed by atoms with Crippen LogP contribution in [-0.4, -0.2) is 26.0 Å². The van der Waals surface area contributed by atoms with Gasteiger partial charge >= 0.3 is 0 Å². The van der Waals surface area contributed by atoms with E-state index in [-0.39, 0.29) is 23.7 Å². The first-order valence-corrected chi connectivity index (χ1v) is 7.21. The van der Waals surface area contributed by atoms with Crippen molar-refractivity contribution in [3.63, 3.8) is 0 Å². The maximum atomic E-state index is 11.6. The van der Waals surface area contributed by atoms with Gasteiger partial charge in [-0.3, -0.25) is 4.79 Å². The molecule has 1 amide bonds. The minimum atomic E-state index is 0. The molecule has 2 rings (SSSR count). The highest BCUT2D eigenvalue weighted by molar-refractivity contribution is 6.30. The average molecular weight is 317 g/mol. The molecule has 0 bridgehead atoms. The zero-order chi connectivity index (χ0) is 13.7. The number of likely N-dealkylation sites (N-methyl/N-ethyl adjacent to an activating group) is 1. The highest BCUT2D eigenvalue weighted by Crippen LogP contribution is 2.41. The van der Waals surface area contributed by atoms with E-state index in [1.165, 1.54) is 18.4 Å². The number of amides is 1. The van der Waals surface area contributed by atoms with Gasteiger partial charge in [0.2, 0.25) is 5.91 Å². The van der Waals surface area contributed by atoms with Crippen LogP contribution in [-0.2, 0) is 10.2 Å². The molecule has 0 spiro atoms. The van der Waals surface area contributed by atoms with E-state index < -0.39 is 0 Å². The van der Waals surface area contributed by atoms with Crippen molar-refractivity contribution < 1.29 is 4.79 Å². The topological polar surface area (TPSA) is 41.1 Å². The van der Waals surface area contributed by atoms with E-state index in [9.17, 15) is 4.79 Å². The largest absolute Gasteiger partial charge is 0.354 e. The van der Waals surface area contributed by atoms with Gasteiger partial charge in [0.25, 0.3) is 0 Å². The zero-order valence-electron chi connectivity index (χ0n) is 11.7. The third-order valence-corrected chi connectivity index (χ3v) is 4.19. The van der Waals surface area contributed by atoms with Crippen LogP contribution >= 0.6 is 24.0 Å². The van der Waals surface area contributed by atoms with Crippen LogP contribution in [0.5, 0.6) is 0 Å². The van der Waals surface area contributed by atoms with Crippen molar-refractivity contribution in [3.05, 3.63) is 34.9 Å². The van der Waals surface area contributed by atoms with Gasteiger partial charge in [0.15, 0.2) is 0 Å². The Labute approximate surface area is 131 Å². The molecule has 1 aliphatic carbocycles. The molecule has 0 aromatic heterocycles. The Balaban J connectivity index is 0.00000200. The SMILES string of the molecule is CNCC(=O)NCC1(c2cccc(Cl)c2)CCCC1.Cl. The van der Waals surface area contributed by atoms with Crippen molar-refractivity contribution in [1.82, 2.24) is 10.6 Å². The lowest BCUT2D eigenvalue weighted by molar-refractivity contribution is -0.120. The molecule has 0 aliphatic heterocycles. The van der Waals surface area contributed by atoms with Crippen molar-refractivity contribution in [3.8, 4) is 0 Å². The number of carbonyl (C=O) groups is 1. The van der Waals surface area contributed by atoms with Gasteiger partial charge < -0.3 is 10.6 Å². The van der Waals surface area contributed by atoms with E-state index in [4.69, 9.17) is 11.6 Å². The van der Waals surface area contributed by atoms with Crippen LogP contribution in [0.3, 0.4) is 0 Å². The maximum Gasteiger partial charge on any atom is 0.233 e. The van der Waals surface area contributed by atoms with Crippen molar-refractivity contribution in [2.75, 3.05) is 20.1 Å². The fourth-order valence-electron chi connectivity index (χ4n) is 2.93. The molecule has 1 aromatic rings. The molecule has 1 fully saturated rings. The number of carbonyl (C=O) groups excluding carboxylic acids is 1. The Kier molecular flexibility index (Phi) is 6.80. The number of benzene rings is 1. The van der Waals surface area contributed by atoms with Crippen molar-refractivity contribution in [2.45, 2.75) is 31.1 Å². The Morgan fingerprint density at radius 3 is 2.65 bits per heavy atom. The van der Waals surface area contributed by atoms with Gasteiger partial charge in [-0.1, -0.05) is 36.6 Å². The van der Waals surface area contributed by atoms with Gasteiger partial charge in [-0.05, 0) is 37.6 Å². The number of hydrogen-bond donors (Lipinski definition) is 2. The molecular weight excluding hydrogens is 295 g/mol. The summed E-state index contributed by atoms with van der Waals surface area (Å²) in [6.45, 7) is 1.07. The average Bonchev–Trinajstić information content (AvgIpc) is 2.87. The molecule has 3 nitrogen and oxygen atoms in total. The second kappa shape index (κ2) is 7.87. The van der Waals surface area contributed by atoms with Crippen LogP contribution in [0.25, 0.3) is 0 Å². The maximum absolute atomic E-state index is 11.6. The summed E-state index contributed by atoms with van der Waals surface area (Å²) in [5, 5.41) is 6.68. The summed E-state index contributed by atoms with van der Waals surface area (Å²) >= 11 is 6.10. The summed E-state index contributed by atoms with van der Waals surface area (Å²) in [6.07, 6.45) is 4.67. The van der Waals surface area contributed by atoms with E-state index in [1.807, 2.05) is 18.2 Å². The first kappa shape index (κ1) is 17.3. The molecule has 0 atom stereocenters. The summed E-state index contributed by atoms with van der Waals surface area (Å²) in [4.78, 5) is 11.6. The fraction of sp³-hybridized carbons (Fsp3) is 0.533. The minimum absolute atomic E-state index is 0. The summed E-state index contributed by atoms with van der Waals surface area (Å²) in [5.74, 6) is 0.0517. The summed E-state index contributed by atoms with van der Waals surface area (Å²) < 4.78 is 0. The quantitative estimate of drug-likeness (QED) is 0.877. The van der Waals surface area contributed by atoms with Crippen LogP contribution in [0.2, 0.25) is 5.02 Å². The fourth-order valence-corrected chi connectivity index (χ4v) is 3.12. The van der Waals surface area contributed by atoms with Crippen molar-refractivity contribution >= 4 is 29.9 Å². The Hall–Kier alpha value is -0.770. The molecule has 0 saturated heterocycles. The summed E-state index contributed by atoms with van der Waals surface area (Å²) in [6, 6.07) is 8.05. The lowest BCUT2D eigenvalue weighted by Crippen LogP contribution is -2.41. The number of rotatable bonds is 5. The predicted molar refractivity (Wildman–Crippen MR) is 85.8 cm³/mol. The molecule has 20 heavy (non-hydrogen) atoms. The lowest BCUT2D eigenvalue weighted by atomic mass is 9.79. The highest BCUT2D eigenvalue weighted by Gasteiger charge is 2.35. The molecule has 1 saturated carbocycles. The second-order valence-corrected chi connectivity index (χ2v) is 5.74. The smallest absolute Gasteiger partial charge is 0.233 e. The molecule has 1 aliphatic rings. The second-order valence-electron chi connectivity index (χ2n) is 5.30. The predicted octanol–water partition coefficient (Wildman–Crippen LogP) is 2.91. The van der Waals surface area contributed by atoms with Crippen LogP contribution < -0.4 is 10.6 Å². The van der Waals surface area contributed by atoms with Crippen molar-refractivity contribution in [2.24, 2.45) is 0 Å². The molecule has 0 heterocycles. The van der Waals surface area contributed by atoms with E-state index in [0.29, 0.717) is 13.1 Å². The number of nitrogens with one attached hydrogen (secondary N) is 2. The highest BCUT2D eigenvalue weighted by atomic mass is 35.5. The first-order chi connectivity index (χ1) is 9.16. The molecule has 112 valence electrons. The Bertz CT molecular complexity index is 445. The third kappa shape index (κ3) is 4.11. The number of halogens is 2. The minimum Gasteiger partial charge on any atom is -0.354 e. The van der Waals surface area contributed by atoms with E-state index in [1.54, 1.807) is 7.05 Å². The summed E-state index contributed by atoms with van der Waals surface area (Å²) in [7, 11) is 1.78. The summed E-state index contributed by atoms with van der Waals surface area (Å²) in [5.41, 5.74) is 1.32. The Morgan fingerprint density at radius 2 is 2.05 bits per heavy atom. The number of hydrogen-bond acceptors (Lipinski definition) is 2. The molecular formula is C15H22Cl2N2O. The van der Waals surface area contributed by atoms with Crippen molar-refractivity contribution in [1.29, 1.82) is 0 Å². The van der Waals surface area contributed by atoms with Crippen LogP contribution in [0.4, 0.5) is 0 Å². The van der Waals surface area contributed by atoms with Gasteiger partial charge in [0, 0.05) is 17.0 Å². The van der Waals surface area contributed by atoms with E-state index >= 15 is 0 Å². The first-order valence-electron chi connectivity index (χ1n) is 6.84. The molecule has 0 unspecified atom stereocenters. The molecule has 5 heteroatoms. The van der Waals surface area contributed by atoms with Crippen LogP contribution in [0, 0.1) is 0 Å².